The SMILES string of the molecule is C[C@@H]1CC(NC(=O)c2nnc(-c3cccc(C#N)c3)o2)CN1C(=O)OC(C)(C)C. The first-order chi connectivity index (χ1) is 13.7. The minimum atomic E-state index is -0.582. The second kappa shape index (κ2) is 7.91. The number of amides is 2. The Morgan fingerprint density at radius 1 is 1.34 bits per heavy atom. The number of hydrogen-bond donors (Lipinski definition) is 1. The molecule has 2 aromatic rings. The van der Waals surface area contributed by atoms with Crippen molar-refractivity contribution in [2.75, 3.05) is 6.54 Å². The van der Waals surface area contributed by atoms with Crippen LogP contribution in [0.3, 0.4) is 0 Å². The van der Waals surface area contributed by atoms with E-state index in [1.807, 2.05) is 33.8 Å². The second-order valence-corrected chi connectivity index (χ2v) is 7.99. The zero-order valence-electron chi connectivity index (χ0n) is 16.8. The third-order valence-corrected chi connectivity index (χ3v) is 4.40. The van der Waals surface area contributed by atoms with E-state index in [9.17, 15) is 9.59 Å². The van der Waals surface area contributed by atoms with Gasteiger partial charge in [0.25, 0.3) is 0 Å². The largest absolute Gasteiger partial charge is 0.444 e. The molecule has 9 nitrogen and oxygen atoms in total. The average molecular weight is 397 g/mol. The van der Waals surface area contributed by atoms with Crippen LogP contribution in [0.4, 0.5) is 4.79 Å². The molecule has 9 heteroatoms. The van der Waals surface area contributed by atoms with Gasteiger partial charge in [-0.1, -0.05) is 6.07 Å². The van der Waals surface area contributed by atoms with Crippen molar-refractivity contribution in [3.05, 3.63) is 35.7 Å². The van der Waals surface area contributed by atoms with Crippen LogP contribution in [0.2, 0.25) is 0 Å². The second-order valence-electron chi connectivity index (χ2n) is 7.99. The highest BCUT2D eigenvalue weighted by Crippen LogP contribution is 2.22. The summed E-state index contributed by atoms with van der Waals surface area (Å²) in [6, 6.07) is 8.39. The molecule has 1 aliphatic heterocycles. The quantitative estimate of drug-likeness (QED) is 0.845. The lowest BCUT2D eigenvalue weighted by molar-refractivity contribution is 0.0235. The van der Waals surface area contributed by atoms with Crippen LogP contribution in [0.15, 0.2) is 28.7 Å². The number of likely N-dealkylation sites (tertiary alicyclic amines) is 1. The molecule has 3 rings (SSSR count). The van der Waals surface area contributed by atoms with Crippen molar-refractivity contribution in [2.24, 2.45) is 0 Å². The molecule has 0 bridgehead atoms. The molecule has 2 amide bonds. The molecular formula is C20H23N5O4. The smallest absolute Gasteiger partial charge is 0.410 e. The molecule has 1 saturated heterocycles. The zero-order chi connectivity index (χ0) is 21.2. The van der Waals surface area contributed by atoms with Gasteiger partial charge in [0.05, 0.1) is 11.6 Å². The number of carbonyl (C=O) groups excluding carboxylic acids is 2. The highest BCUT2D eigenvalue weighted by Gasteiger charge is 2.36. The summed E-state index contributed by atoms with van der Waals surface area (Å²) in [5.41, 5.74) is 0.427. The van der Waals surface area contributed by atoms with Crippen LogP contribution in [0.5, 0.6) is 0 Å². The molecule has 1 aromatic carbocycles. The lowest BCUT2D eigenvalue weighted by atomic mass is 10.1. The van der Waals surface area contributed by atoms with Crippen molar-refractivity contribution in [1.82, 2.24) is 20.4 Å². The molecule has 0 radical (unpaired) electrons. The van der Waals surface area contributed by atoms with Crippen molar-refractivity contribution >= 4 is 12.0 Å². The highest BCUT2D eigenvalue weighted by molar-refractivity contribution is 5.90. The standard InChI is InChI=1S/C20H23N5O4/c1-12-8-15(11-25(12)19(27)29-20(2,3)4)22-16(26)18-24-23-17(28-18)14-7-5-6-13(9-14)10-21/h5-7,9,12,15H,8,11H2,1-4H3,(H,22,26)/t12-,15?/m1/s1. The third-order valence-electron chi connectivity index (χ3n) is 4.40. The van der Waals surface area contributed by atoms with E-state index >= 15 is 0 Å². The van der Waals surface area contributed by atoms with Gasteiger partial charge in [0.2, 0.25) is 5.89 Å². The van der Waals surface area contributed by atoms with E-state index in [4.69, 9.17) is 14.4 Å². The first-order valence-corrected chi connectivity index (χ1v) is 9.31. The zero-order valence-corrected chi connectivity index (χ0v) is 16.8. The van der Waals surface area contributed by atoms with Gasteiger partial charge < -0.3 is 19.4 Å². The fourth-order valence-corrected chi connectivity index (χ4v) is 3.11. The van der Waals surface area contributed by atoms with Crippen LogP contribution >= 0.6 is 0 Å². The monoisotopic (exact) mass is 397 g/mol. The molecule has 1 aromatic heterocycles. The molecule has 152 valence electrons. The first kappa shape index (κ1) is 20.3. The van der Waals surface area contributed by atoms with Crippen LogP contribution in [0, 0.1) is 11.3 Å². The van der Waals surface area contributed by atoms with Gasteiger partial charge in [0.15, 0.2) is 0 Å². The number of aromatic nitrogens is 2. The Balaban J connectivity index is 1.63. The Kier molecular flexibility index (Phi) is 5.55. The predicted molar refractivity (Wildman–Crippen MR) is 103 cm³/mol. The molecule has 0 aliphatic carbocycles. The van der Waals surface area contributed by atoms with E-state index in [1.165, 1.54) is 0 Å². The Morgan fingerprint density at radius 3 is 2.79 bits per heavy atom. The summed E-state index contributed by atoms with van der Waals surface area (Å²) in [7, 11) is 0. The molecule has 1 fully saturated rings. The van der Waals surface area contributed by atoms with E-state index in [0.29, 0.717) is 24.1 Å². The normalized spacial score (nSPS) is 18.9. The molecule has 1 aliphatic rings. The van der Waals surface area contributed by atoms with Crippen molar-refractivity contribution < 1.29 is 18.7 Å². The molecule has 0 spiro atoms. The predicted octanol–water partition coefficient (Wildman–Crippen LogP) is 2.74. The van der Waals surface area contributed by atoms with Gasteiger partial charge >= 0.3 is 17.9 Å². The molecule has 1 unspecified atom stereocenters. The maximum Gasteiger partial charge on any atom is 0.410 e. The number of ether oxygens (including phenoxy) is 1. The van der Waals surface area contributed by atoms with Crippen molar-refractivity contribution in [3.8, 4) is 17.5 Å². The maximum absolute atomic E-state index is 12.5. The number of nitriles is 1. The number of nitrogens with zero attached hydrogens (tertiary/aromatic N) is 4. The van der Waals surface area contributed by atoms with E-state index in [1.54, 1.807) is 29.2 Å². The lowest BCUT2D eigenvalue weighted by Crippen LogP contribution is -2.41. The molecule has 29 heavy (non-hydrogen) atoms. The van der Waals surface area contributed by atoms with Gasteiger partial charge in [0, 0.05) is 24.2 Å². The number of carbonyl (C=O) groups is 2. The Bertz CT molecular complexity index is 956. The topological polar surface area (TPSA) is 121 Å². The van der Waals surface area contributed by atoms with Gasteiger partial charge in [-0.2, -0.15) is 5.26 Å². The Labute approximate surface area is 168 Å². The van der Waals surface area contributed by atoms with Gasteiger partial charge in [-0.3, -0.25) is 4.79 Å². The van der Waals surface area contributed by atoms with E-state index in [0.717, 1.165) is 0 Å². The van der Waals surface area contributed by atoms with E-state index in [2.05, 4.69) is 15.5 Å². The van der Waals surface area contributed by atoms with Crippen LogP contribution in [0.1, 0.15) is 50.4 Å². The Morgan fingerprint density at radius 2 is 2.10 bits per heavy atom. The van der Waals surface area contributed by atoms with Gasteiger partial charge in [-0.15, -0.1) is 10.2 Å². The summed E-state index contributed by atoms with van der Waals surface area (Å²) in [5.74, 6) is -0.531. The summed E-state index contributed by atoms with van der Waals surface area (Å²) >= 11 is 0. The molecule has 0 saturated carbocycles. The summed E-state index contributed by atoms with van der Waals surface area (Å²) < 4.78 is 10.9. The third kappa shape index (κ3) is 4.90. The first-order valence-electron chi connectivity index (χ1n) is 9.31. The van der Waals surface area contributed by atoms with Crippen LogP contribution in [-0.4, -0.2) is 51.3 Å². The maximum atomic E-state index is 12.5. The average Bonchev–Trinajstić information content (AvgIpc) is 3.27. The van der Waals surface area contributed by atoms with Crippen molar-refractivity contribution in [2.45, 2.75) is 51.8 Å². The Hall–Kier alpha value is -3.41. The summed E-state index contributed by atoms with van der Waals surface area (Å²) in [6.07, 6.45) is 0.190. The summed E-state index contributed by atoms with van der Waals surface area (Å²) in [5, 5.41) is 19.5. The summed E-state index contributed by atoms with van der Waals surface area (Å²) in [6.45, 7) is 7.68. The fourth-order valence-electron chi connectivity index (χ4n) is 3.11. The van der Waals surface area contributed by atoms with Gasteiger partial charge in [-0.25, -0.2) is 4.79 Å². The minimum absolute atomic E-state index is 0.0675. The fraction of sp³-hybridized carbons (Fsp3) is 0.450. The van der Waals surface area contributed by atoms with Crippen molar-refractivity contribution in [3.63, 3.8) is 0 Å². The van der Waals surface area contributed by atoms with Crippen molar-refractivity contribution in [1.29, 1.82) is 5.26 Å². The van der Waals surface area contributed by atoms with Gasteiger partial charge in [0.1, 0.15) is 5.60 Å². The van der Waals surface area contributed by atoms with Crippen LogP contribution < -0.4 is 5.32 Å². The van der Waals surface area contributed by atoms with Gasteiger partial charge in [-0.05, 0) is 52.3 Å². The highest BCUT2D eigenvalue weighted by atomic mass is 16.6. The molecule has 2 atom stereocenters. The van der Waals surface area contributed by atoms with E-state index in [-0.39, 0.29) is 23.9 Å². The van der Waals surface area contributed by atoms with E-state index < -0.39 is 17.6 Å². The molecule has 1 N–H and O–H groups in total. The molecule has 2 heterocycles. The minimum Gasteiger partial charge on any atom is -0.444 e. The lowest BCUT2D eigenvalue weighted by Gasteiger charge is -2.26. The number of hydrogen-bond acceptors (Lipinski definition) is 7. The number of nitrogens with one attached hydrogen (secondary N) is 1. The van der Waals surface area contributed by atoms with Crippen LogP contribution in [-0.2, 0) is 4.74 Å². The number of rotatable bonds is 3. The number of benzene rings is 1. The van der Waals surface area contributed by atoms with Crippen LogP contribution in [0.25, 0.3) is 11.5 Å². The molecular weight excluding hydrogens is 374 g/mol. The summed E-state index contributed by atoms with van der Waals surface area (Å²) in [4.78, 5) is 26.4.